The highest BCUT2D eigenvalue weighted by Gasteiger charge is 2.10. The van der Waals surface area contributed by atoms with Gasteiger partial charge in [0.1, 0.15) is 0 Å². The number of unbranched alkanes of at least 4 members (excludes halogenated alkanes) is 1. The predicted molar refractivity (Wildman–Crippen MR) is 50.4 cm³/mol. The van der Waals surface area contributed by atoms with Gasteiger partial charge in [-0.15, -0.1) is 0 Å². The van der Waals surface area contributed by atoms with E-state index in [9.17, 15) is 0 Å². The smallest absolute Gasteiger partial charge is 0.0414 e. The van der Waals surface area contributed by atoms with Crippen LogP contribution in [0.2, 0.25) is 0 Å². The van der Waals surface area contributed by atoms with Crippen molar-refractivity contribution < 1.29 is 0 Å². The van der Waals surface area contributed by atoms with Gasteiger partial charge in [0.25, 0.3) is 0 Å². The van der Waals surface area contributed by atoms with E-state index >= 15 is 0 Å². The Labute approximate surface area is 71.4 Å². The molecule has 0 amide bonds. The van der Waals surface area contributed by atoms with Crippen LogP contribution in [0.4, 0.5) is 0 Å². The van der Waals surface area contributed by atoms with Gasteiger partial charge in [0.2, 0.25) is 0 Å². The molecule has 65 valence electrons. The molecule has 0 aromatic heterocycles. The molecule has 11 heavy (non-hydrogen) atoms. The topological polar surface area (TPSA) is 0 Å². The van der Waals surface area contributed by atoms with E-state index in [4.69, 9.17) is 0 Å². The third-order valence-corrected chi connectivity index (χ3v) is 2.84. The molecule has 0 saturated heterocycles. The van der Waals surface area contributed by atoms with E-state index in [1.807, 2.05) is 0 Å². The van der Waals surface area contributed by atoms with Gasteiger partial charge in [-0.25, -0.2) is 0 Å². The Kier molecular flexibility index (Phi) is 4.65. The second-order valence-corrected chi connectivity index (χ2v) is 3.84. The van der Waals surface area contributed by atoms with Crippen molar-refractivity contribution in [2.45, 2.75) is 58.3 Å². The first kappa shape index (κ1) is 9.09. The first-order valence-corrected chi connectivity index (χ1v) is 5.21. The van der Waals surface area contributed by atoms with Gasteiger partial charge < -0.3 is 0 Å². The Morgan fingerprint density at radius 1 is 1.09 bits per heavy atom. The van der Waals surface area contributed by atoms with Crippen LogP contribution in [0.5, 0.6) is 0 Å². The van der Waals surface area contributed by atoms with Gasteiger partial charge in [0.05, 0.1) is 0 Å². The zero-order valence-corrected chi connectivity index (χ0v) is 7.81. The largest absolute Gasteiger partial charge is 0.0623 e. The minimum atomic E-state index is 1.06. The Bertz CT molecular complexity index is 78.0. The maximum Gasteiger partial charge on any atom is -0.0414 e. The lowest BCUT2D eigenvalue weighted by Gasteiger charge is -2.11. The third kappa shape index (κ3) is 3.79. The molecule has 0 unspecified atom stereocenters. The maximum absolute atomic E-state index is 2.31. The zero-order valence-electron chi connectivity index (χ0n) is 7.81. The molecular formula is C11H21. The molecule has 1 rings (SSSR count). The predicted octanol–water partition coefficient (Wildman–Crippen LogP) is 3.96. The van der Waals surface area contributed by atoms with Crippen LogP contribution < -0.4 is 0 Å². The van der Waals surface area contributed by atoms with E-state index in [-0.39, 0.29) is 0 Å². The van der Waals surface area contributed by atoms with Crippen molar-refractivity contribution in [1.82, 2.24) is 0 Å². The summed E-state index contributed by atoms with van der Waals surface area (Å²) in [7, 11) is 0. The van der Waals surface area contributed by atoms with Gasteiger partial charge >= 0.3 is 0 Å². The molecule has 0 heterocycles. The van der Waals surface area contributed by atoms with Crippen LogP contribution in [-0.4, -0.2) is 0 Å². The summed E-state index contributed by atoms with van der Waals surface area (Å²) in [5, 5.41) is 0. The van der Waals surface area contributed by atoms with Crippen LogP contribution in [0, 0.1) is 12.3 Å². The summed E-state index contributed by atoms with van der Waals surface area (Å²) < 4.78 is 0. The molecule has 1 saturated carbocycles. The van der Waals surface area contributed by atoms with Gasteiger partial charge in [-0.2, -0.15) is 0 Å². The molecule has 0 spiro atoms. The van der Waals surface area contributed by atoms with Crippen molar-refractivity contribution in [1.29, 1.82) is 0 Å². The van der Waals surface area contributed by atoms with Crippen molar-refractivity contribution in [3.8, 4) is 0 Å². The summed E-state index contributed by atoms with van der Waals surface area (Å²) >= 11 is 0. The molecule has 1 aliphatic carbocycles. The molecule has 1 fully saturated rings. The highest BCUT2D eigenvalue weighted by Crippen LogP contribution is 2.26. The molecule has 1 radical (unpaired) electrons. The highest BCUT2D eigenvalue weighted by atomic mass is 14.2. The average molecular weight is 153 g/mol. The Morgan fingerprint density at radius 2 is 1.73 bits per heavy atom. The van der Waals surface area contributed by atoms with E-state index in [0.29, 0.717) is 0 Å². The zero-order chi connectivity index (χ0) is 7.94. The molecule has 0 bridgehead atoms. The number of hydrogen-bond acceptors (Lipinski definition) is 0. The van der Waals surface area contributed by atoms with Gasteiger partial charge in [0, 0.05) is 0 Å². The maximum atomic E-state index is 2.31. The van der Waals surface area contributed by atoms with Crippen molar-refractivity contribution in [2.24, 2.45) is 5.92 Å². The quantitative estimate of drug-likeness (QED) is 0.538. The molecule has 0 aromatic rings. The molecule has 0 heteroatoms. The first-order chi connectivity index (χ1) is 5.43. The first-order valence-electron chi connectivity index (χ1n) is 5.21. The number of rotatable bonds is 3. The normalized spacial score (nSPS) is 21.5. The molecule has 0 atom stereocenters. The Hall–Kier alpha value is 0. The van der Waals surface area contributed by atoms with Crippen LogP contribution in [0.3, 0.4) is 0 Å². The molecule has 1 aliphatic rings. The average Bonchev–Trinajstić information content (AvgIpc) is 2.28. The van der Waals surface area contributed by atoms with E-state index < -0.39 is 0 Å². The Balaban J connectivity index is 2.09. The lowest BCUT2D eigenvalue weighted by atomic mass is 9.94. The van der Waals surface area contributed by atoms with Crippen molar-refractivity contribution >= 4 is 0 Å². The molecular weight excluding hydrogens is 132 g/mol. The van der Waals surface area contributed by atoms with Crippen molar-refractivity contribution in [3.63, 3.8) is 0 Å². The lowest BCUT2D eigenvalue weighted by molar-refractivity contribution is 0.427. The second kappa shape index (κ2) is 5.62. The van der Waals surface area contributed by atoms with Gasteiger partial charge in [-0.3, -0.25) is 0 Å². The van der Waals surface area contributed by atoms with Gasteiger partial charge in [-0.05, 0) is 12.3 Å². The highest BCUT2D eigenvalue weighted by molar-refractivity contribution is 4.67. The van der Waals surface area contributed by atoms with E-state index in [2.05, 4.69) is 13.3 Å². The SMILES string of the molecule is C[CH]CCC1CCCCCC1. The number of hydrogen-bond donors (Lipinski definition) is 0. The fraction of sp³-hybridized carbons (Fsp3) is 0.909. The van der Waals surface area contributed by atoms with Crippen LogP contribution >= 0.6 is 0 Å². The van der Waals surface area contributed by atoms with Crippen LogP contribution in [0.15, 0.2) is 0 Å². The molecule has 0 N–H and O–H groups in total. The summed E-state index contributed by atoms with van der Waals surface area (Å²) in [6.45, 7) is 2.18. The van der Waals surface area contributed by atoms with E-state index in [1.54, 1.807) is 0 Å². The Morgan fingerprint density at radius 3 is 2.27 bits per heavy atom. The van der Waals surface area contributed by atoms with Crippen molar-refractivity contribution in [3.05, 3.63) is 6.42 Å². The summed E-state index contributed by atoms with van der Waals surface area (Å²) in [6.07, 6.45) is 14.1. The summed E-state index contributed by atoms with van der Waals surface area (Å²) in [5.41, 5.74) is 0. The fourth-order valence-electron chi connectivity index (χ4n) is 2.05. The van der Waals surface area contributed by atoms with Crippen LogP contribution in [-0.2, 0) is 0 Å². The van der Waals surface area contributed by atoms with E-state index in [1.165, 1.54) is 51.4 Å². The van der Waals surface area contributed by atoms with Crippen molar-refractivity contribution in [2.75, 3.05) is 0 Å². The standard InChI is InChI=1S/C11H21/c1-2-3-8-11-9-6-4-5-7-10-11/h2,11H,3-10H2,1H3. The molecule has 0 nitrogen and oxygen atoms in total. The van der Waals surface area contributed by atoms with Crippen LogP contribution in [0.1, 0.15) is 58.3 Å². The van der Waals surface area contributed by atoms with Gasteiger partial charge in [0.15, 0.2) is 0 Å². The fourth-order valence-corrected chi connectivity index (χ4v) is 2.05. The minimum absolute atomic E-state index is 1.06. The summed E-state index contributed by atoms with van der Waals surface area (Å²) in [5.74, 6) is 1.06. The van der Waals surface area contributed by atoms with Crippen LogP contribution in [0.25, 0.3) is 0 Å². The third-order valence-electron chi connectivity index (χ3n) is 2.84. The van der Waals surface area contributed by atoms with Gasteiger partial charge in [-0.1, -0.05) is 58.3 Å². The van der Waals surface area contributed by atoms with E-state index in [0.717, 1.165) is 5.92 Å². The monoisotopic (exact) mass is 153 g/mol. The summed E-state index contributed by atoms with van der Waals surface area (Å²) in [6, 6.07) is 0. The summed E-state index contributed by atoms with van der Waals surface area (Å²) in [4.78, 5) is 0. The minimum Gasteiger partial charge on any atom is -0.0623 e. The lowest BCUT2D eigenvalue weighted by Crippen LogP contribution is -1.97. The molecule has 0 aromatic carbocycles. The second-order valence-electron chi connectivity index (χ2n) is 3.84. The molecule has 0 aliphatic heterocycles.